The molecule has 3 heterocycles. The highest BCUT2D eigenvalue weighted by atomic mass is 32.1. The van der Waals surface area contributed by atoms with Gasteiger partial charge in [0.2, 0.25) is 5.91 Å². The lowest BCUT2D eigenvalue weighted by atomic mass is 9.97. The molecule has 2 aromatic heterocycles. The number of thiophene rings is 1. The molecule has 1 amide bonds. The van der Waals surface area contributed by atoms with Gasteiger partial charge in [0.25, 0.3) is 5.56 Å². The van der Waals surface area contributed by atoms with Crippen LogP contribution in [0.3, 0.4) is 0 Å². The molecular formula is C19H17N3O2S. The summed E-state index contributed by atoms with van der Waals surface area (Å²) < 4.78 is 0. The van der Waals surface area contributed by atoms with Gasteiger partial charge in [-0.05, 0) is 43.4 Å². The van der Waals surface area contributed by atoms with Crippen molar-refractivity contribution in [3.63, 3.8) is 0 Å². The van der Waals surface area contributed by atoms with Gasteiger partial charge in [0.15, 0.2) is 0 Å². The molecule has 5 rings (SSSR count). The predicted octanol–water partition coefficient (Wildman–Crippen LogP) is 3.34. The van der Waals surface area contributed by atoms with Gasteiger partial charge in [-0.1, -0.05) is 18.2 Å². The van der Waals surface area contributed by atoms with E-state index in [1.54, 1.807) is 16.2 Å². The maximum absolute atomic E-state index is 12.7. The molecule has 0 radical (unpaired) electrons. The summed E-state index contributed by atoms with van der Waals surface area (Å²) in [7, 11) is 0. The number of hydrogen-bond donors (Lipinski definition) is 1. The van der Waals surface area contributed by atoms with Crippen molar-refractivity contribution in [2.75, 3.05) is 4.90 Å². The van der Waals surface area contributed by atoms with Crippen molar-refractivity contribution in [1.29, 1.82) is 0 Å². The van der Waals surface area contributed by atoms with E-state index < -0.39 is 0 Å². The lowest BCUT2D eigenvalue weighted by Gasteiger charge is -2.39. The van der Waals surface area contributed by atoms with Gasteiger partial charge in [-0.3, -0.25) is 9.59 Å². The summed E-state index contributed by atoms with van der Waals surface area (Å²) in [4.78, 5) is 36.4. The van der Waals surface area contributed by atoms with E-state index in [9.17, 15) is 9.59 Å². The Hall–Kier alpha value is -2.47. The van der Waals surface area contributed by atoms with E-state index in [0.717, 1.165) is 35.2 Å². The first-order valence-corrected chi connectivity index (χ1v) is 9.45. The molecule has 1 aromatic carbocycles. The number of aromatic amines is 1. The Morgan fingerprint density at radius 3 is 2.72 bits per heavy atom. The normalized spacial score (nSPS) is 19.8. The maximum atomic E-state index is 12.7. The number of aryl methyl sites for hydroxylation is 2. The van der Waals surface area contributed by atoms with Crippen molar-refractivity contribution in [2.45, 2.75) is 38.1 Å². The molecule has 0 spiro atoms. The van der Waals surface area contributed by atoms with Crippen molar-refractivity contribution in [3.05, 3.63) is 57.0 Å². The Morgan fingerprint density at radius 1 is 1.12 bits per heavy atom. The lowest BCUT2D eigenvalue weighted by molar-refractivity contribution is -0.124. The fraction of sp³-hybridized carbons (Fsp3) is 0.316. The quantitative estimate of drug-likeness (QED) is 0.720. The van der Waals surface area contributed by atoms with Crippen molar-refractivity contribution in [3.8, 4) is 0 Å². The zero-order chi connectivity index (χ0) is 17.0. The largest absolute Gasteiger partial charge is 0.308 e. The van der Waals surface area contributed by atoms with Crippen LogP contribution >= 0.6 is 11.3 Å². The molecule has 1 fully saturated rings. The predicted molar refractivity (Wildman–Crippen MR) is 98.2 cm³/mol. The van der Waals surface area contributed by atoms with E-state index in [0.29, 0.717) is 12.2 Å². The number of hydrogen-bond acceptors (Lipinski definition) is 4. The average molecular weight is 351 g/mol. The maximum Gasteiger partial charge on any atom is 0.259 e. The van der Waals surface area contributed by atoms with E-state index in [4.69, 9.17) is 4.98 Å². The molecule has 1 aliphatic heterocycles. The third-order valence-corrected chi connectivity index (χ3v) is 6.33. The number of nitrogens with zero attached hydrogens (tertiary/aromatic N) is 2. The Morgan fingerprint density at radius 2 is 1.92 bits per heavy atom. The second-order valence-electron chi connectivity index (χ2n) is 6.66. The van der Waals surface area contributed by atoms with Crippen molar-refractivity contribution in [2.24, 2.45) is 0 Å². The molecule has 126 valence electrons. The zero-order valence-corrected chi connectivity index (χ0v) is 14.4. The van der Waals surface area contributed by atoms with Gasteiger partial charge in [0.1, 0.15) is 16.7 Å². The number of anilines is 1. The number of aromatic nitrogens is 2. The Kier molecular flexibility index (Phi) is 3.28. The average Bonchev–Trinajstić information content (AvgIpc) is 2.99. The number of para-hydroxylation sites is 1. The third kappa shape index (κ3) is 2.24. The number of H-pyrrole nitrogens is 1. The van der Waals surface area contributed by atoms with Gasteiger partial charge < -0.3 is 9.88 Å². The lowest BCUT2D eigenvalue weighted by Crippen LogP contribution is -2.47. The summed E-state index contributed by atoms with van der Waals surface area (Å²) in [6.45, 7) is 0. The van der Waals surface area contributed by atoms with Gasteiger partial charge in [0, 0.05) is 10.6 Å². The van der Waals surface area contributed by atoms with Crippen LogP contribution in [0.25, 0.3) is 10.2 Å². The number of fused-ring (bicyclic) bond motifs is 3. The number of carbonyl (C=O) groups excluding carboxylic acids is 1. The molecule has 1 saturated heterocycles. The van der Waals surface area contributed by atoms with Gasteiger partial charge in [-0.15, -0.1) is 11.3 Å². The molecular weight excluding hydrogens is 334 g/mol. The van der Waals surface area contributed by atoms with Crippen LogP contribution in [-0.4, -0.2) is 15.9 Å². The molecule has 0 saturated carbocycles. The number of rotatable bonds is 2. The van der Waals surface area contributed by atoms with Crippen molar-refractivity contribution >= 4 is 33.1 Å². The Balaban J connectivity index is 1.59. The van der Waals surface area contributed by atoms with Crippen LogP contribution in [-0.2, 0) is 17.6 Å². The SMILES string of the molecule is O=C1CC(c2nc3sc4c(c3c(=O)[nH]2)CCCC4)N1c1ccccc1. The standard InChI is InChI=1S/C19H17N3O2S/c23-15-10-13(22(15)11-6-2-1-3-7-11)17-20-18(24)16-12-8-4-5-9-14(12)25-19(16)21-17/h1-3,6-7,13H,4-5,8-10H2,(H,20,21,24). The molecule has 25 heavy (non-hydrogen) atoms. The molecule has 0 bridgehead atoms. The molecule has 5 nitrogen and oxygen atoms in total. The topological polar surface area (TPSA) is 66.1 Å². The van der Waals surface area contributed by atoms with Crippen molar-refractivity contribution < 1.29 is 4.79 Å². The van der Waals surface area contributed by atoms with Gasteiger partial charge in [-0.2, -0.15) is 0 Å². The fourth-order valence-corrected chi connectivity index (χ4v) is 5.16. The molecule has 1 N–H and O–H groups in total. The fourth-order valence-electron chi connectivity index (χ4n) is 3.89. The minimum absolute atomic E-state index is 0.0596. The van der Waals surface area contributed by atoms with Gasteiger partial charge in [0.05, 0.1) is 11.8 Å². The van der Waals surface area contributed by atoms with Crippen LogP contribution in [0.4, 0.5) is 5.69 Å². The van der Waals surface area contributed by atoms with E-state index >= 15 is 0 Å². The smallest absolute Gasteiger partial charge is 0.259 e. The van der Waals surface area contributed by atoms with Crippen LogP contribution in [0.2, 0.25) is 0 Å². The highest BCUT2D eigenvalue weighted by Crippen LogP contribution is 2.39. The van der Waals surface area contributed by atoms with Crippen LogP contribution in [0, 0.1) is 0 Å². The van der Waals surface area contributed by atoms with Crippen LogP contribution < -0.4 is 10.5 Å². The van der Waals surface area contributed by atoms with E-state index in [2.05, 4.69) is 4.98 Å². The van der Waals surface area contributed by atoms with Gasteiger partial charge in [-0.25, -0.2) is 4.98 Å². The summed E-state index contributed by atoms with van der Waals surface area (Å²) in [6.07, 6.45) is 4.72. The second kappa shape index (κ2) is 5.52. The number of carbonyl (C=O) groups is 1. The minimum atomic E-state index is -0.189. The van der Waals surface area contributed by atoms with Crippen LogP contribution in [0.5, 0.6) is 0 Å². The van der Waals surface area contributed by atoms with Gasteiger partial charge >= 0.3 is 0 Å². The summed E-state index contributed by atoms with van der Waals surface area (Å²) >= 11 is 1.64. The number of nitrogens with one attached hydrogen (secondary N) is 1. The number of benzene rings is 1. The summed E-state index contributed by atoms with van der Waals surface area (Å²) in [5.41, 5.74) is 1.97. The van der Waals surface area contributed by atoms with Crippen LogP contribution in [0.15, 0.2) is 35.1 Å². The van der Waals surface area contributed by atoms with Crippen molar-refractivity contribution in [1.82, 2.24) is 9.97 Å². The Labute approximate surface area is 148 Å². The summed E-state index contributed by atoms with van der Waals surface area (Å²) in [6, 6.07) is 9.36. The van der Waals surface area contributed by atoms with E-state index in [1.165, 1.54) is 16.9 Å². The molecule has 1 aliphatic carbocycles. The number of amides is 1. The highest BCUT2D eigenvalue weighted by molar-refractivity contribution is 7.18. The highest BCUT2D eigenvalue weighted by Gasteiger charge is 2.40. The molecule has 1 atom stereocenters. The summed E-state index contributed by atoms with van der Waals surface area (Å²) in [5, 5.41) is 0.764. The molecule has 2 aliphatic rings. The van der Waals surface area contributed by atoms with Crippen LogP contribution in [0.1, 0.15) is 41.6 Å². The molecule has 3 aromatic rings. The monoisotopic (exact) mass is 351 g/mol. The Bertz CT molecular complexity index is 1040. The number of β-lactam (4-membered cyclic amide) rings is 1. The molecule has 1 unspecified atom stereocenters. The first kappa shape index (κ1) is 14.8. The van der Waals surface area contributed by atoms with E-state index in [-0.39, 0.29) is 17.5 Å². The first-order valence-electron chi connectivity index (χ1n) is 8.64. The minimum Gasteiger partial charge on any atom is -0.308 e. The summed E-state index contributed by atoms with van der Waals surface area (Å²) in [5.74, 6) is 0.656. The molecule has 6 heteroatoms. The first-order chi connectivity index (χ1) is 12.2. The van der Waals surface area contributed by atoms with E-state index in [1.807, 2.05) is 30.3 Å². The zero-order valence-electron chi connectivity index (χ0n) is 13.6. The third-order valence-electron chi connectivity index (χ3n) is 5.14. The second-order valence-corrected chi connectivity index (χ2v) is 7.75.